The maximum atomic E-state index is 13.8. The topological polar surface area (TPSA) is 9.23 Å². The Labute approximate surface area is 121 Å². The van der Waals surface area contributed by atoms with E-state index in [-0.39, 0.29) is 5.56 Å². The maximum Gasteiger partial charge on any atom is 0.166 e. The van der Waals surface area contributed by atoms with Gasteiger partial charge in [0, 0.05) is 5.56 Å². The molecule has 21 heavy (non-hydrogen) atoms. The van der Waals surface area contributed by atoms with Gasteiger partial charge in [0.05, 0.1) is 0 Å². The zero-order valence-electron chi connectivity index (χ0n) is 11.1. The average molecular weight is 282 g/mol. The van der Waals surface area contributed by atoms with Crippen LogP contribution in [0.1, 0.15) is 0 Å². The van der Waals surface area contributed by atoms with E-state index in [1.807, 2.05) is 30.3 Å². The van der Waals surface area contributed by atoms with Crippen LogP contribution in [-0.4, -0.2) is 0 Å². The van der Waals surface area contributed by atoms with E-state index in [9.17, 15) is 8.78 Å². The molecule has 0 spiro atoms. The first-order chi connectivity index (χ1) is 10.2. The van der Waals surface area contributed by atoms with Crippen LogP contribution in [0.3, 0.4) is 0 Å². The molecule has 3 rings (SSSR count). The van der Waals surface area contributed by atoms with Crippen molar-refractivity contribution in [1.82, 2.24) is 0 Å². The van der Waals surface area contributed by atoms with Crippen LogP contribution in [-0.2, 0) is 0 Å². The van der Waals surface area contributed by atoms with Crippen molar-refractivity contribution < 1.29 is 13.5 Å². The molecule has 0 fully saturated rings. The first-order valence-corrected chi connectivity index (χ1v) is 6.51. The zero-order valence-corrected chi connectivity index (χ0v) is 11.1. The van der Waals surface area contributed by atoms with Gasteiger partial charge in [0.2, 0.25) is 0 Å². The lowest BCUT2D eigenvalue weighted by Crippen LogP contribution is -1.90. The van der Waals surface area contributed by atoms with Crippen molar-refractivity contribution in [1.29, 1.82) is 0 Å². The van der Waals surface area contributed by atoms with E-state index in [4.69, 9.17) is 4.74 Å². The molecule has 0 radical (unpaired) electrons. The Morgan fingerprint density at radius 1 is 0.667 bits per heavy atom. The average Bonchev–Trinajstić information content (AvgIpc) is 2.51. The highest BCUT2D eigenvalue weighted by Crippen LogP contribution is 2.29. The van der Waals surface area contributed by atoms with Crippen molar-refractivity contribution in [2.45, 2.75) is 0 Å². The quantitative estimate of drug-likeness (QED) is 0.623. The lowest BCUT2D eigenvalue weighted by Gasteiger charge is -2.08. The largest absolute Gasteiger partial charge is 0.457 e. The van der Waals surface area contributed by atoms with Crippen molar-refractivity contribution in [2.75, 3.05) is 0 Å². The molecule has 0 bridgehead atoms. The van der Waals surface area contributed by atoms with E-state index in [1.54, 1.807) is 30.3 Å². The molecule has 0 saturated carbocycles. The molecule has 0 atom stereocenters. The van der Waals surface area contributed by atoms with Crippen LogP contribution >= 0.6 is 0 Å². The van der Waals surface area contributed by atoms with Gasteiger partial charge in [-0.05, 0) is 35.9 Å². The molecule has 3 heteroatoms. The fraction of sp³-hybridized carbons (Fsp3) is 0. The normalized spacial score (nSPS) is 10.4. The summed E-state index contributed by atoms with van der Waals surface area (Å²) in [6.45, 7) is 0. The molecule has 0 N–H and O–H groups in total. The molecule has 3 aromatic rings. The van der Waals surface area contributed by atoms with Crippen molar-refractivity contribution in [2.24, 2.45) is 0 Å². The summed E-state index contributed by atoms with van der Waals surface area (Å²) in [6.07, 6.45) is 0. The number of ether oxygens (including phenoxy) is 1. The Bertz CT molecular complexity index is 754. The zero-order chi connectivity index (χ0) is 14.7. The van der Waals surface area contributed by atoms with Crippen LogP contribution < -0.4 is 4.74 Å². The molecule has 0 unspecified atom stereocenters. The second kappa shape index (κ2) is 5.75. The van der Waals surface area contributed by atoms with Gasteiger partial charge < -0.3 is 4.74 Å². The van der Waals surface area contributed by atoms with Gasteiger partial charge in [-0.2, -0.15) is 0 Å². The molecule has 1 nitrogen and oxygen atoms in total. The van der Waals surface area contributed by atoms with Gasteiger partial charge in [-0.1, -0.05) is 42.5 Å². The van der Waals surface area contributed by atoms with Crippen molar-refractivity contribution in [3.63, 3.8) is 0 Å². The van der Waals surface area contributed by atoms with Gasteiger partial charge in [0.1, 0.15) is 11.5 Å². The molecule has 0 heterocycles. The second-order valence-electron chi connectivity index (χ2n) is 4.54. The molecule has 0 aliphatic heterocycles. The summed E-state index contributed by atoms with van der Waals surface area (Å²) >= 11 is 0. The minimum atomic E-state index is -0.859. The van der Waals surface area contributed by atoms with Crippen molar-refractivity contribution >= 4 is 0 Å². The molecule has 0 saturated heterocycles. The highest BCUT2D eigenvalue weighted by atomic mass is 19.2. The van der Waals surface area contributed by atoms with E-state index >= 15 is 0 Å². The highest BCUT2D eigenvalue weighted by Gasteiger charge is 2.10. The smallest absolute Gasteiger partial charge is 0.166 e. The fourth-order valence-electron chi connectivity index (χ4n) is 2.08. The molecule has 104 valence electrons. The standard InChI is InChI=1S/C18H12F2O/c19-17-11-5-10-16(18(17)20)13-6-4-9-15(12-13)21-14-7-2-1-3-8-14/h1-12H. The van der Waals surface area contributed by atoms with E-state index < -0.39 is 11.6 Å². The van der Waals surface area contributed by atoms with E-state index in [0.29, 0.717) is 17.1 Å². The molecule has 0 aliphatic rings. The molecule has 3 aromatic carbocycles. The molecular weight excluding hydrogens is 270 g/mol. The summed E-state index contributed by atoms with van der Waals surface area (Å²) in [5.41, 5.74) is 0.786. The van der Waals surface area contributed by atoms with Crippen molar-refractivity contribution in [3.8, 4) is 22.6 Å². The molecule has 0 aromatic heterocycles. The lowest BCUT2D eigenvalue weighted by atomic mass is 10.0. The molecule has 0 amide bonds. The van der Waals surface area contributed by atoms with Crippen LogP contribution in [0.2, 0.25) is 0 Å². The third kappa shape index (κ3) is 2.92. The third-order valence-corrected chi connectivity index (χ3v) is 3.08. The van der Waals surface area contributed by atoms with Gasteiger partial charge in [-0.3, -0.25) is 0 Å². The van der Waals surface area contributed by atoms with Crippen LogP contribution in [0.5, 0.6) is 11.5 Å². The van der Waals surface area contributed by atoms with E-state index in [0.717, 1.165) is 6.07 Å². The Hall–Kier alpha value is -2.68. The Kier molecular flexibility index (Phi) is 3.65. The van der Waals surface area contributed by atoms with Crippen LogP contribution in [0.15, 0.2) is 72.8 Å². The third-order valence-electron chi connectivity index (χ3n) is 3.08. The van der Waals surface area contributed by atoms with Crippen molar-refractivity contribution in [3.05, 3.63) is 84.4 Å². The lowest BCUT2D eigenvalue weighted by molar-refractivity contribution is 0.482. The minimum Gasteiger partial charge on any atom is -0.457 e. The second-order valence-corrected chi connectivity index (χ2v) is 4.54. The first-order valence-electron chi connectivity index (χ1n) is 6.51. The maximum absolute atomic E-state index is 13.8. The number of hydrogen-bond donors (Lipinski definition) is 0. The van der Waals surface area contributed by atoms with Crippen LogP contribution in [0, 0.1) is 11.6 Å². The highest BCUT2D eigenvalue weighted by molar-refractivity contribution is 5.66. The van der Waals surface area contributed by atoms with E-state index in [2.05, 4.69) is 0 Å². The minimum absolute atomic E-state index is 0.216. The molecular formula is C18H12F2O. The van der Waals surface area contributed by atoms with Gasteiger partial charge in [0.25, 0.3) is 0 Å². The summed E-state index contributed by atoms with van der Waals surface area (Å²) in [5.74, 6) is -0.451. The van der Waals surface area contributed by atoms with Crippen LogP contribution in [0.25, 0.3) is 11.1 Å². The summed E-state index contributed by atoms with van der Waals surface area (Å²) < 4.78 is 32.8. The number of rotatable bonds is 3. The number of hydrogen-bond acceptors (Lipinski definition) is 1. The van der Waals surface area contributed by atoms with E-state index in [1.165, 1.54) is 6.07 Å². The van der Waals surface area contributed by atoms with Gasteiger partial charge >= 0.3 is 0 Å². The Balaban J connectivity index is 1.95. The van der Waals surface area contributed by atoms with Gasteiger partial charge in [0.15, 0.2) is 11.6 Å². The fourth-order valence-corrected chi connectivity index (χ4v) is 2.08. The number of halogens is 2. The van der Waals surface area contributed by atoms with Crippen LogP contribution in [0.4, 0.5) is 8.78 Å². The number of benzene rings is 3. The monoisotopic (exact) mass is 282 g/mol. The van der Waals surface area contributed by atoms with Gasteiger partial charge in [-0.15, -0.1) is 0 Å². The summed E-state index contributed by atoms with van der Waals surface area (Å²) in [4.78, 5) is 0. The summed E-state index contributed by atoms with van der Waals surface area (Å²) in [6, 6.07) is 20.3. The first kappa shape index (κ1) is 13.3. The summed E-state index contributed by atoms with van der Waals surface area (Å²) in [5, 5.41) is 0. The predicted molar refractivity (Wildman–Crippen MR) is 78.3 cm³/mol. The number of para-hydroxylation sites is 1. The predicted octanol–water partition coefficient (Wildman–Crippen LogP) is 5.42. The Morgan fingerprint density at radius 3 is 2.19 bits per heavy atom. The van der Waals surface area contributed by atoms with Gasteiger partial charge in [-0.25, -0.2) is 8.78 Å². The Morgan fingerprint density at radius 2 is 1.38 bits per heavy atom. The molecule has 0 aliphatic carbocycles. The summed E-state index contributed by atoms with van der Waals surface area (Å²) in [7, 11) is 0. The SMILES string of the molecule is Fc1cccc(-c2cccc(Oc3ccccc3)c2)c1F.